The molecule has 1 aromatic carbocycles. The van der Waals surface area contributed by atoms with Crippen LogP contribution in [0.1, 0.15) is 23.3 Å². The Morgan fingerprint density at radius 2 is 1.76 bits per heavy atom. The Hall–Kier alpha value is -2.68. The Bertz CT molecular complexity index is 845. The fourth-order valence-corrected chi connectivity index (χ4v) is 3.51. The van der Waals surface area contributed by atoms with Crippen molar-refractivity contribution in [3.8, 4) is 5.75 Å². The summed E-state index contributed by atoms with van der Waals surface area (Å²) < 4.78 is 31.5. The van der Waals surface area contributed by atoms with E-state index >= 15 is 0 Å². The van der Waals surface area contributed by atoms with E-state index in [2.05, 4.69) is 15.1 Å². The predicted molar refractivity (Wildman–Crippen MR) is 91.1 cm³/mol. The standard InChI is InChI=1S/C16H18N4O4S/c1-24-12-4-6-13(7-5-12)25(22,23)19-16(21)14-8-9-15(18-17-14)20-10-2-3-11-20/h4-9H,2-3,10-11H2,1H3,(H,19,21). The SMILES string of the molecule is COc1ccc(S(=O)(=O)NC(=O)c2ccc(N3CCCC3)nn2)cc1. The second-order valence-electron chi connectivity index (χ2n) is 5.58. The van der Waals surface area contributed by atoms with E-state index in [4.69, 9.17) is 4.74 Å². The topological polar surface area (TPSA) is 101 Å². The number of carbonyl (C=O) groups excluding carboxylic acids is 1. The van der Waals surface area contributed by atoms with Crippen LogP contribution in [0.4, 0.5) is 5.82 Å². The maximum absolute atomic E-state index is 12.3. The average molecular weight is 362 g/mol. The molecule has 0 radical (unpaired) electrons. The van der Waals surface area contributed by atoms with Crippen molar-refractivity contribution in [2.45, 2.75) is 17.7 Å². The number of aromatic nitrogens is 2. The van der Waals surface area contributed by atoms with Gasteiger partial charge in [0.2, 0.25) is 0 Å². The van der Waals surface area contributed by atoms with Gasteiger partial charge in [0.05, 0.1) is 12.0 Å². The van der Waals surface area contributed by atoms with Crippen LogP contribution in [0, 0.1) is 0 Å². The van der Waals surface area contributed by atoms with Gasteiger partial charge in [0, 0.05) is 13.1 Å². The van der Waals surface area contributed by atoms with Crippen LogP contribution in [0.3, 0.4) is 0 Å². The molecular formula is C16H18N4O4S. The van der Waals surface area contributed by atoms with Crippen molar-refractivity contribution in [3.05, 3.63) is 42.1 Å². The molecule has 0 spiro atoms. The lowest BCUT2D eigenvalue weighted by Crippen LogP contribution is -2.31. The van der Waals surface area contributed by atoms with Gasteiger partial charge in [-0.15, -0.1) is 10.2 Å². The van der Waals surface area contributed by atoms with E-state index < -0.39 is 15.9 Å². The first kappa shape index (κ1) is 17.2. The molecule has 9 heteroatoms. The summed E-state index contributed by atoms with van der Waals surface area (Å²) in [4.78, 5) is 14.2. The number of hydrogen-bond acceptors (Lipinski definition) is 7. The minimum Gasteiger partial charge on any atom is -0.497 e. The highest BCUT2D eigenvalue weighted by Crippen LogP contribution is 2.17. The zero-order valence-electron chi connectivity index (χ0n) is 13.7. The van der Waals surface area contributed by atoms with Gasteiger partial charge in [0.25, 0.3) is 15.9 Å². The smallest absolute Gasteiger partial charge is 0.285 e. The molecule has 1 saturated heterocycles. The van der Waals surface area contributed by atoms with Gasteiger partial charge >= 0.3 is 0 Å². The monoisotopic (exact) mass is 362 g/mol. The van der Waals surface area contributed by atoms with Crippen molar-refractivity contribution in [1.82, 2.24) is 14.9 Å². The molecule has 1 aliphatic heterocycles. The molecule has 132 valence electrons. The van der Waals surface area contributed by atoms with Crippen LogP contribution >= 0.6 is 0 Å². The summed E-state index contributed by atoms with van der Waals surface area (Å²) in [6, 6.07) is 8.87. The van der Waals surface area contributed by atoms with E-state index in [1.54, 1.807) is 6.07 Å². The molecule has 1 aliphatic rings. The van der Waals surface area contributed by atoms with E-state index in [-0.39, 0.29) is 10.6 Å². The van der Waals surface area contributed by atoms with Gasteiger partial charge in [-0.25, -0.2) is 13.1 Å². The highest BCUT2D eigenvalue weighted by atomic mass is 32.2. The number of sulfonamides is 1. The fraction of sp³-hybridized carbons (Fsp3) is 0.312. The van der Waals surface area contributed by atoms with Gasteiger partial charge < -0.3 is 9.64 Å². The molecule has 1 fully saturated rings. The highest BCUT2D eigenvalue weighted by Gasteiger charge is 2.21. The molecule has 2 aromatic rings. The summed E-state index contributed by atoms with van der Waals surface area (Å²) in [6.07, 6.45) is 2.20. The number of carbonyl (C=O) groups is 1. The fourth-order valence-electron chi connectivity index (χ4n) is 2.55. The zero-order chi connectivity index (χ0) is 17.9. The summed E-state index contributed by atoms with van der Waals surface area (Å²) in [7, 11) is -2.51. The van der Waals surface area contributed by atoms with Crippen molar-refractivity contribution < 1.29 is 17.9 Å². The summed E-state index contributed by atoms with van der Waals surface area (Å²) in [5.41, 5.74) is -0.0555. The van der Waals surface area contributed by atoms with E-state index in [0.717, 1.165) is 25.9 Å². The van der Waals surface area contributed by atoms with Crippen LogP contribution in [-0.2, 0) is 10.0 Å². The quantitative estimate of drug-likeness (QED) is 0.853. The summed E-state index contributed by atoms with van der Waals surface area (Å²) in [5, 5.41) is 7.85. The first-order chi connectivity index (χ1) is 12.0. The predicted octanol–water partition coefficient (Wildman–Crippen LogP) is 1.20. The van der Waals surface area contributed by atoms with Gasteiger partial charge in [0.15, 0.2) is 11.5 Å². The number of benzene rings is 1. The van der Waals surface area contributed by atoms with E-state index in [9.17, 15) is 13.2 Å². The minimum absolute atomic E-state index is 0.0386. The van der Waals surface area contributed by atoms with Crippen LogP contribution in [0.15, 0.2) is 41.3 Å². The lowest BCUT2D eigenvalue weighted by molar-refractivity contribution is 0.0975. The third-order valence-corrected chi connectivity index (χ3v) is 5.26. The number of nitrogens with zero attached hydrogens (tertiary/aromatic N) is 3. The van der Waals surface area contributed by atoms with Gasteiger partial charge in [-0.2, -0.15) is 0 Å². The Morgan fingerprint density at radius 1 is 1.08 bits per heavy atom. The molecule has 0 atom stereocenters. The molecule has 0 bridgehead atoms. The summed E-state index contributed by atoms with van der Waals surface area (Å²) >= 11 is 0. The van der Waals surface area contributed by atoms with Crippen molar-refractivity contribution in [3.63, 3.8) is 0 Å². The van der Waals surface area contributed by atoms with Crippen LogP contribution < -0.4 is 14.4 Å². The van der Waals surface area contributed by atoms with E-state index in [1.165, 1.54) is 37.4 Å². The van der Waals surface area contributed by atoms with Gasteiger partial charge in [-0.3, -0.25) is 4.79 Å². The lowest BCUT2D eigenvalue weighted by atomic mass is 10.3. The number of nitrogens with one attached hydrogen (secondary N) is 1. The number of hydrogen-bond donors (Lipinski definition) is 1. The van der Waals surface area contributed by atoms with Crippen LogP contribution in [-0.4, -0.2) is 44.7 Å². The molecular weight excluding hydrogens is 344 g/mol. The van der Waals surface area contributed by atoms with E-state index in [0.29, 0.717) is 11.6 Å². The maximum atomic E-state index is 12.3. The maximum Gasteiger partial charge on any atom is 0.285 e. The summed E-state index contributed by atoms with van der Waals surface area (Å²) in [6.45, 7) is 1.82. The first-order valence-corrected chi connectivity index (χ1v) is 9.28. The van der Waals surface area contributed by atoms with Crippen molar-refractivity contribution in [2.75, 3.05) is 25.1 Å². The van der Waals surface area contributed by atoms with Crippen LogP contribution in [0.5, 0.6) is 5.75 Å². The summed E-state index contributed by atoms with van der Waals surface area (Å²) in [5.74, 6) is 0.386. The number of rotatable bonds is 5. The molecule has 3 rings (SSSR count). The van der Waals surface area contributed by atoms with Gasteiger partial charge in [-0.05, 0) is 49.2 Å². The third-order valence-electron chi connectivity index (χ3n) is 3.91. The Kier molecular flexibility index (Phi) is 4.84. The molecule has 0 unspecified atom stereocenters. The Morgan fingerprint density at radius 3 is 2.32 bits per heavy atom. The largest absolute Gasteiger partial charge is 0.497 e. The van der Waals surface area contributed by atoms with Gasteiger partial charge in [-0.1, -0.05) is 0 Å². The van der Waals surface area contributed by atoms with Crippen LogP contribution in [0.25, 0.3) is 0 Å². The second-order valence-corrected chi connectivity index (χ2v) is 7.26. The highest BCUT2D eigenvalue weighted by molar-refractivity contribution is 7.90. The van der Waals surface area contributed by atoms with Gasteiger partial charge in [0.1, 0.15) is 5.75 Å². The molecule has 2 heterocycles. The molecule has 25 heavy (non-hydrogen) atoms. The Balaban J connectivity index is 1.71. The average Bonchev–Trinajstić information content (AvgIpc) is 3.16. The van der Waals surface area contributed by atoms with Crippen molar-refractivity contribution >= 4 is 21.7 Å². The molecule has 8 nitrogen and oxygen atoms in total. The number of methoxy groups -OCH3 is 1. The number of amides is 1. The second kappa shape index (κ2) is 7.06. The lowest BCUT2D eigenvalue weighted by Gasteiger charge is -2.15. The Labute approximate surface area is 145 Å². The van der Waals surface area contributed by atoms with Crippen molar-refractivity contribution in [2.24, 2.45) is 0 Å². The third kappa shape index (κ3) is 3.87. The molecule has 0 aliphatic carbocycles. The minimum atomic E-state index is -3.99. The number of anilines is 1. The molecule has 1 N–H and O–H groups in total. The van der Waals surface area contributed by atoms with E-state index in [1.807, 2.05) is 4.72 Å². The molecule has 1 amide bonds. The molecule has 0 saturated carbocycles. The van der Waals surface area contributed by atoms with Crippen molar-refractivity contribution in [1.29, 1.82) is 0 Å². The molecule has 1 aromatic heterocycles. The zero-order valence-corrected chi connectivity index (χ0v) is 14.5. The normalized spacial score (nSPS) is 14.4. The number of ether oxygens (including phenoxy) is 1. The first-order valence-electron chi connectivity index (χ1n) is 7.79. The van der Waals surface area contributed by atoms with Crippen LogP contribution in [0.2, 0.25) is 0 Å².